The largest absolute Gasteiger partial charge is 0.457 e. The zero-order valence-electron chi connectivity index (χ0n) is 42.3. The summed E-state index contributed by atoms with van der Waals surface area (Å²) >= 11 is 0. The number of unbranched alkanes of at least 4 members (excludes halogenated alkanes) is 15. The zero-order valence-corrected chi connectivity index (χ0v) is 42.3. The lowest BCUT2D eigenvalue weighted by molar-refractivity contribution is -0.332. The van der Waals surface area contributed by atoms with Gasteiger partial charge in [0.2, 0.25) is 0 Å². The number of ether oxygens (including phenoxy) is 6. The standard InChI is InChI=1S/C55H94O14/c1-3-5-7-9-11-13-15-17-19-20-21-22-23-24-25-26-28-30-32-34-36-38-47(57)67-44(41-64-39-37-35-33-31-29-27-18-16-14-12-10-8-6-4-2)42-65-54-53(63)51(61)49(59)46(69-54)43-66-55-52(62)50(60)48(58)45(40-56)68-55/h5,7-8,10-11,13-14,16-17,19,21-22,44-46,48-56,58-63H,3-4,6,9,12,15,18,20,23-43H2,1-2H3/b7-5-,10-8-,13-11-,16-14-,19-17-,22-21-. The Balaban J connectivity index is 1.75. The Kier molecular flexibility index (Phi) is 38.1. The van der Waals surface area contributed by atoms with Crippen molar-refractivity contribution in [1.82, 2.24) is 0 Å². The molecule has 2 fully saturated rings. The van der Waals surface area contributed by atoms with Crippen molar-refractivity contribution in [3.8, 4) is 0 Å². The predicted molar refractivity (Wildman–Crippen MR) is 270 cm³/mol. The molecule has 0 aromatic heterocycles. The Morgan fingerprint density at radius 1 is 0.493 bits per heavy atom. The van der Waals surface area contributed by atoms with Gasteiger partial charge in [-0.15, -0.1) is 0 Å². The lowest BCUT2D eigenvalue weighted by Crippen LogP contribution is -2.61. The van der Waals surface area contributed by atoms with E-state index in [-0.39, 0.29) is 19.6 Å². The van der Waals surface area contributed by atoms with E-state index in [2.05, 4.69) is 86.8 Å². The summed E-state index contributed by atoms with van der Waals surface area (Å²) in [5, 5.41) is 72.2. The molecule has 0 radical (unpaired) electrons. The molecule has 0 aliphatic carbocycles. The highest BCUT2D eigenvalue weighted by atomic mass is 16.7. The average Bonchev–Trinajstić information content (AvgIpc) is 3.35. The molecule has 2 aliphatic heterocycles. The molecule has 2 heterocycles. The number of rotatable bonds is 41. The molecule has 0 bridgehead atoms. The number of esters is 1. The predicted octanol–water partition coefficient (Wildman–Crippen LogP) is 8.29. The minimum Gasteiger partial charge on any atom is -0.457 e. The monoisotopic (exact) mass is 979 g/mol. The Bertz CT molecular complexity index is 1410. The van der Waals surface area contributed by atoms with E-state index in [4.69, 9.17) is 28.4 Å². The Labute approximate surface area is 415 Å². The fourth-order valence-electron chi connectivity index (χ4n) is 7.90. The molecule has 0 spiro atoms. The van der Waals surface area contributed by atoms with Crippen LogP contribution >= 0.6 is 0 Å². The molecule has 398 valence electrons. The maximum Gasteiger partial charge on any atom is 0.306 e. The highest BCUT2D eigenvalue weighted by molar-refractivity contribution is 5.69. The molecule has 2 saturated heterocycles. The fraction of sp³-hybridized carbons (Fsp3) is 0.764. The van der Waals surface area contributed by atoms with Crippen LogP contribution in [0.1, 0.15) is 168 Å². The highest BCUT2D eigenvalue weighted by Gasteiger charge is 2.47. The van der Waals surface area contributed by atoms with Crippen molar-refractivity contribution >= 4 is 5.97 Å². The molecule has 14 heteroatoms. The highest BCUT2D eigenvalue weighted by Crippen LogP contribution is 2.26. The number of carbonyl (C=O) groups is 1. The second kappa shape index (κ2) is 42.0. The van der Waals surface area contributed by atoms with Crippen LogP contribution in [0.5, 0.6) is 0 Å². The van der Waals surface area contributed by atoms with E-state index in [1.807, 2.05) is 0 Å². The molecular formula is C55H94O14. The van der Waals surface area contributed by atoms with E-state index in [1.165, 1.54) is 44.9 Å². The quantitative estimate of drug-likeness (QED) is 0.0175. The molecule has 11 unspecified atom stereocenters. The maximum absolute atomic E-state index is 13.0. The van der Waals surface area contributed by atoms with Crippen LogP contribution in [0.2, 0.25) is 0 Å². The van der Waals surface area contributed by atoms with Gasteiger partial charge in [-0.05, 0) is 77.0 Å². The first-order valence-electron chi connectivity index (χ1n) is 26.5. The van der Waals surface area contributed by atoms with Crippen molar-refractivity contribution in [2.45, 2.75) is 235 Å². The van der Waals surface area contributed by atoms with Crippen LogP contribution in [0.3, 0.4) is 0 Å². The van der Waals surface area contributed by atoms with E-state index in [9.17, 15) is 40.5 Å². The summed E-state index contributed by atoms with van der Waals surface area (Å²) in [6, 6.07) is 0. The van der Waals surface area contributed by atoms with Gasteiger partial charge in [-0.25, -0.2) is 0 Å². The molecule has 69 heavy (non-hydrogen) atoms. The maximum atomic E-state index is 13.0. The molecule has 0 aromatic rings. The molecule has 11 atom stereocenters. The summed E-state index contributed by atoms with van der Waals surface area (Å²) in [5.41, 5.74) is 0. The van der Waals surface area contributed by atoms with Gasteiger partial charge < -0.3 is 64.2 Å². The van der Waals surface area contributed by atoms with Crippen molar-refractivity contribution < 1.29 is 69.0 Å². The van der Waals surface area contributed by atoms with Gasteiger partial charge in [-0.1, -0.05) is 157 Å². The van der Waals surface area contributed by atoms with Crippen molar-refractivity contribution in [3.05, 3.63) is 72.9 Å². The molecule has 2 aliphatic rings. The molecular weight excluding hydrogens is 885 g/mol. The van der Waals surface area contributed by atoms with Crippen molar-refractivity contribution in [2.75, 3.05) is 33.0 Å². The third kappa shape index (κ3) is 29.5. The van der Waals surface area contributed by atoms with E-state index in [1.54, 1.807) is 0 Å². The number of aliphatic hydroxyl groups is 7. The number of hydrogen-bond donors (Lipinski definition) is 7. The van der Waals surface area contributed by atoms with Gasteiger partial charge >= 0.3 is 5.97 Å². The SMILES string of the molecule is CC/C=C\C/C=C\C/C=C\C/C=C\CCCCCCCCCCC(=O)OC(COCCCCCCCC/C=C\C/C=C\CCC)COC1OC(COC2OC(CO)C(O)C(O)C2O)C(O)C(O)C1O. The topological polar surface area (TPSA) is 214 Å². The van der Waals surface area contributed by atoms with Gasteiger partial charge in [0.15, 0.2) is 12.6 Å². The summed E-state index contributed by atoms with van der Waals surface area (Å²) in [7, 11) is 0. The first kappa shape index (κ1) is 62.5. The summed E-state index contributed by atoms with van der Waals surface area (Å²) in [6.07, 6.45) is 35.3. The smallest absolute Gasteiger partial charge is 0.306 e. The Morgan fingerprint density at radius 3 is 1.48 bits per heavy atom. The van der Waals surface area contributed by atoms with Crippen LogP contribution in [0.25, 0.3) is 0 Å². The first-order valence-corrected chi connectivity index (χ1v) is 26.5. The van der Waals surface area contributed by atoms with Gasteiger partial charge in [0.05, 0.1) is 26.4 Å². The second-order valence-electron chi connectivity index (χ2n) is 18.3. The van der Waals surface area contributed by atoms with Gasteiger partial charge in [-0.3, -0.25) is 4.79 Å². The van der Waals surface area contributed by atoms with Crippen LogP contribution in [-0.4, -0.2) is 142 Å². The number of carbonyl (C=O) groups excluding carboxylic acids is 1. The lowest BCUT2D eigenvalue weighted by Gasteiger charge is -2.42. The van der Waals surface area contributed by atoms with E-state index in [0.29, 0.717) is 13.0 Å². The van der Waals surface area contributed by atoms with Crippen LogP contribution in [-0.2, 0) is 33.2 Å². The van der Waals surface area contributed by atoms with Gasteiger partial charge in [0.25, 0.3) is 0 Å². The minimum absolute atomic E-state index is 0.0473. The summed E-state index contributed by atoms with van der Waals surface area (Å²) in [5.74, 6) is -0.391. The zero-order chi connectivity index (χ0) is 50.2. The van der Waals surface area contributed by atoms with Gasteiger partial charge in [0.1, 0.15) is 54.9 Å². The molecule has 0 saturated carbocycles. The summed E-state index contributed by atoms with van der Waals surface area (Å²) < 4.78 is 34.3. The second-order valence-corrected chi connectivity index (χ2v) is 18.3. The van der Waals surface area contributed by atoms with Gasteiger partial charge in [-0.2, -0.15) is 0 Å². The minimum atomic E-state index is -1.71. The van der Waals surface area contributed by atoms with Gasteiger partial charge in [0, 0.05) is 13.0 Å². The Morgan fingerprint density at radius 2 is 0.942 bits per heavy atom. The number of hydrogen-bond acceptors (Lipinski definition) is 14. The molecule has 0 aromatic carbocycles. The molecule has 2 rings (SSSR count). The fourth-order valence-corrected chi connectivity index (χ4v) is 7.90. The van der Waals surface area contributed by atoms with Crippen molar-refractivity contribution in [1.29, 1.82) is 0 Å². The summed E-state index contributed by atoms with van der Waals surface area (Å²) in [6.45, 7) is 3.46. The van der Waals surface area contributed by atoms with Crippen LogP contribution in [0.15, 0.2) is 72.9 Å². The third-order valence-electron chi connectivity index (χ3n) is 12.2. The van der Waals surface area contributed by atoms with Crippen LogP contribution in [0, 0.1) is 0 Å². The Hall–Kier alpha value is -2.57. The summed E-state index contributed by atoms with van der Waals surface area (Å²) in [4.78, 5) is 13.0. The van der Waals surface area contributed by atoms with Crippen molar-refractivity contribution in [3.63, 3.8) is 0 Å². The number of allylic oxidation sites excluding steroid dienone is 12. The van der Waals surface area contributed by atoms with E-state index < -0.39 is 86.7 Å². The van der Waals surface area contributed by atoms with E-state index in [0.717, 1.165) is 96.3 Å². The first-order chi connectivity index (χ1) is 33.6. The third-order valence-corrected chi connectivity index (χ3v) is 12.2. The molecule has 14 nitrogen and oxygen atoms in total. The number of aliphatic hydroxyl groups excluding tert-OH is 7. The normalized spacial score (nSPS) is 26.3. The lowest BCUT2D eigenvalue weighted by atomic mass is 9.98. The van der Waals surface area contributed by atoms with Crippen molar-refractivity contribution in [2.24, 2.45) is 0 Å². The van der Waals surface area contributed by atoms with Crippen LogP contribution in [0.4, 0.5) is 0 Å². The van der Waals surface area contributed by atoms with Crippen LogP contribution < -0.4 is 0 Å². The molecule has 0 amide bonds. The van der Waals surface area contributed by atoms with E-state index >= 15 is 0 Å². The molecule has 7 N–H and O–H groups in total. The average molecular weight is 979 g/mol.